The van der Waals surface area contributed by atoms with Crippen molar-refractivity contribution < 1.29 is 24.6 Å². The molecule has 3 amide bonds. The van der Waals surface area contributed by atoms with E-state index in [2.05, 4.69) is 5.32 Å². The summed E-state index contributed by atoms with van der Waals surface area (Å²) in [6, 6.07) is -1.12. The van der Waals surface area contributed by atoms with Gasteiger partial charge in [-0.2, -0.15) is 0 Å². The summed E-state index contributed by atoms with van der Waals surface area (Å²) >= 11 is 0. The number of β-amino-alcohol motifs (C(OH)–C–C–N with tert-alkyl or cyclic N) is 2. The second kappa shape index (κ2) is 6.59. The lowest BCUT2D eigenvalue weighted by Crippen LogP contribution is -2.54. The van der Waals surface area contributed by atoms with E-state index in [4.69, 9.17) is 0 Å². The molecule has 2 aliphatic heterocycles. The number of hydrogen-bond donors (Lipinski definition) is 3. The zero-order valence-corrected chi connectivity index (χ0v) is 12.7. The van der Waals surface area contributed by atoms with Gasteiger partial charge >= 0.3 is 6.03 Å². The van der Waals surface area contributed by atoms with E-state index in [9.17, 15) is 24.6 Å². The second-order valence-electron chi connectivity index (χ2n) is 5.86. The Bertz CT molecular complexity index is 471. The molecule has 0 aliphatic carbocycles. The first-order chi connectivity index (χ1) is 10.3. The summed E-state index contributed by atoms with van der Waals surface area (Å²) in [5.41, 5.74) is 0. The first kappa shape index (κ1) is 16.7. The summed E-state index contributed by atoms with van der Waals surface area (Å²) in [7, 11) is 1.73. The summed E-state index contributed by atoms with van der Waals surface area (Å²) in [5.74, 6) is -0.543. The van der Waals surface area contributed by atoms with Crippen LogP contribution in [0.5, 0.6) is 0 Å². The smallest absolute Gasteiger partial charge is 0.336 e. The summed E-state index contributed by atoms with van der Waals surface area (Å²) in [6.45, 7) is 1.62. The average molecular weight is 314 g/mol. The topological polar surface area (TPSA) is 113 Å². The van der Waals surface area contributed by atoms with Gasteiger partial charge in [-0.3, -0.25) is 14.5 Å². The molecule has 0 aromatic carbocycles. The van der Waals surface area contributed by atoms with Crippen LogP contribution in [0, 0.1) is 0 Å². The SMILES string of the molecule is CC(=O)CNC(=O)N1CC(O)CN1C(=O)C1CC(O)CN1C. The molecule has 0 aromatic heterocycles. The van der Waals surface area contributed by atoms with E-state index < -0.39 is 24.3 Å². The first-order valence-electron chi connectivity index (χ1n) is 7.22. The maximum atomic E-state index is 12.6. The minimum atomic E-state index is -0.830. The predicted molar refractivity (Wildman–Crippen MR) is 75.5 cm³/mol. The molecule has 2 saturated heterocycles. The lowest BCUT2D eigenvalue weighted by Gasteiger charge is -2.31. The van der Waals surface area contributed by atoms with Gasteiger partial charge in [-0.25, -0.2) is 14.8 Å². The maximum Gasteiger partial charge on any atom is 0.336 e. The number of nitrogens with zero attached hydrogens (tertiary/aromatic N) is 3. The van der Waals surface area contributed by atoms with Crippen molar-refractivity contribution >= 4 is 17.7 Å². The van der Waals surface area contributed by atoms with Crippen molar-refractivity contribution in [3.05, 3.63) is 0 Å². The number of hydrazine groups is 1. The van der Waals surface area contributed by atoms with Crippen molar-refractivity contribution in [1.82, 2.24) is 20.2 Å². The number of ketones is 1. The van der Waals surface area contributed by atoms with Crippen molar-refractivity contribution in [3.63, 3.8) is 0 Å². The monoisotopic (exact) mass is 314 g/mol. The maximum absolute atomic E-state index is 12.6. The Morgan fingerprint density at radius 1 is 1.09 bits per heavy atom. The number of carbonyl (C=O) groups is 3. The number of likely N-dealkylation sites (N-methyl/N-ethyl adjacent to an activating group) is 1. The molecule has 3 atom stereocenters. The van der Waals surface area contributed by atoms with Gasteiger partial charge in [0.05, 0.1) is 37.9 Å². The van der Waals surface area contributed by atoms with E-state index in [0.717, 1.165) is 5.01 Å². The van der Waals surface area contributed by atoms with Crippen molar-refractivity contribution in [3.8, 4) is 0 Å². The van der Waals surface area contributed by atoms with Gasteiger partial charge < -0.3 is 15.5 Å². The molecular weight excluding hydrogens is 292 g/mol. The van der Waals surface area contributed by atoms with Gasteiger partial charge in [0.15, 0.2) is 0 Å². The highest BCUT2D eigenvalue weighted by Gasteiger charge is 2.42. The summed E-state index contributed by atoms with van der Waals surface area (Å²) in [6.07, 6.45) is -1.11. The summed E-state index contributed by atoms with van der Waals surface area (Å²) < 4.78 is 0. The first-order valence-corrected chi connectivity index (χ1v) is 7.22. The van der Waals surface area contributed by atoms with E-state index in [1.165, 1.54) is 11.9 Å². The Hall–Kier alpha value is -1.71. The Kier molecular flexibility index (Phi) is 4.99. The summed E-state index contributed by atoms with van der Waals surface area (Å²) in [5, 5.41) is 24.1. The number of amides is 3. The van der Waals surface area contributed by atoms with Gasteiger partial charge in [-0.05, 0) is 20.4 Å². The minimum Gasteiger partial charge on any atom is -0.392 e. The fourth-order valence-electron chi connectivity index (χ4n) is 2.78. The van der Waals surface area contributed by atoms with Crippen molar-refractivity contribution in [2.75, 3.05) is 33.2 Å². The fraction of sp³-hybridized carbons (Fsp3) is 0.769. The van der Waals surface area contributed by atoms with Gasteiger partial charge in [-0.1, -0.05) is 0 Å². The highest BCUT2D eigenvalue weighted by atomic mass is 16.3. The van der Waals surface area contributed by atoms with Crippen LogP contribution in [-0.2, 0) is 9.59 Å². The number of aliphatic hydroxyl groups excluding tert-OH is 2. The van der Waals surface area contributed by atoms with E-state index >= 15 is 0 Å². The highest BCUT2D eigenvalue weighted by Crippen LogP contribution is 2.21. The zero-order valence-electron chi connectivity index (χ0n) is 12.7. The van der Waals surface area contributed by atoms with E-state index in [0.29, 0.717) is 13.0 Å². The molecule has 3 unspecified atom stereocenters. The van der Waals surface area contributed by atoms with Crippen LogP contribution in [0.4, 0.5) is 4.79 Å². The standard InChI is InChI=1S/C13H22N4O5/c1-8(18)4-14-13(22)17-7-10(20)6-16(17)12(21)11-3-9(19)5-15(11)2/h9-11,19-20H,3-7H2,1-2H3,(H,14,22). The lowest BCUT2D eigenvalue weighted by atomic mass is 10.2. The third-order valence-electron chi connectivity index (χ3n) is 3.85. The van der Waals surface area contributed by atoms with Gasteiger partial charge in [0.1, 0.15) is 5.78 Å². The number of rotatable bonds is 3. The van der Waals surface area contributed by atoms with Crippen LogP contribution >= 0.6 is 0 Å². The predicted octanol–water partition coefficient (Wildman–Crippen LogP) is -2.23. The van der Waals surface area contributed by atoms with E-state index in [1.807, 2.05) is 0 Å². The minimum absolute atomic E-state index is 0.00549. The molecule has 0 bridgehead atoms. The molecule has 9 heteroatoms. The van der Waals surface area contributed by atoms with Gasteiger partial charge in [-0.15, -0.1) is 0 Å². The Morgan fingerprint density at radius 3 is 2.27 bits per heavy atom. The van der Waals surface area contributed by atoms with Crippen LogP contribution in [0.25, 0.3) is 0 Å². The summed E-state index contributed by atoms with van der Waals surface area (Å²) in [4.78, 5) is 37.3. The van der Waals surface area contributed by atoms with E-state index in [-0.39, 0.29) is 31.3 Å². The molecule has 2 fully saturated rings. The van der Waals surface area contributed by atoms with Crippen LogP contribution in [0.3, 0.4) is 0 Å². The number of nitrogens with one attached hydrogen (secondary N) is 1. The van der Waals surface area contributed by atoms with Crippen LogP contribution in [-0.4, -0.2) is 94.3 Å². The number of Topliss-reactive ketones (excluding diaryl/α,β-unsaturated/α-hetero) is 1. The molecular formula is C13H22N4O5. The molecule has 22 heavy (non-hydrogen) atoms. The molecule has 2 aliphatic rings. The molecule has 124 valence electrons. The van der Waals surface area contributed by atoms with Crippen molar-refractivity contribution in [2.45, 2.75) is 31.6 Å². The normalized spacial score (nSPS) is 29.0. The van der Waals surface area contributed by atoms with Gasteiger partial charge in [0.25, 0.3) is 5.91 Å². The zero-order chi connectivity index (χ0) is 16.4. The quantitative estimate of drug-likeness (QED) is 0.543. The number of carbonyl (C=O) groups excluding carboxylic acids is 3. The Labute approximate surface area is 128 Å². The second-order valence-corrected chi connectivity index (χ2v) is 5.86. The van der Waals surface area contributed by atoms with E-state index in [1.54, 1.807) is 11.9 Å². The third-order valence-corrected chi connectivity index (χ3v) is 3.85. The molecule has 2 rings (SSSR count). The number of urea groups is 1. The number of aliphatic hydroxyl groups is 2. The molecule has 9 nitrogen and oxygen atoms in total. The molecule has 0 saturated carbocycles. The Balaban J connectivity index is 2.05. The fourth-order valence-corrected chi connectivity index (χ4v) is 2.78. The lowest BCUT2D eigenvalue weighted by molar-refractivity contribution is -0.144. The average Bonchev–Trinajstić information content (AvgIpc) is 2.98. The largest absolute Gasteiger partial charge is 0.392 e. The molecule has 3 N–H and O–H groups in total. The van der Waals surface area contributed by atoms with Gasteiger partial charge in [0.2, 0.25) is 0 Å². The molecule has 0 radical (unpaired) electrons. The Morgan fingerprint density at radius 2 is 1.73 bits per heavy atom. The number of hydrogen-bond acceptors (Lipinski definition) is 6. The van der Waals surface area contributed by atoms with Gasteiger partial charge in [0, 0.05) is 6.54 Å². The third kappa shape index (κ3) is 3.54. The van der Waals surface area contributed by atoms with Crippen LogP contribution < -0.4 is 5.32 Å². The highest BCUT2D eigenvalue weighted by molar-refractivity contribution is 5.87. The van der Waals surface area contributed by atoms with Crippen LogP contribution in [0.1, 0.15) is 13.3 Å². The van der Waals surface area contributed by atoms with Crippen molar-refractivity contribution in [1.29, 1.82) is 0 Å². The molecule has 2 heterocycles. The van der Waals surface area contributed by atoms with Crippen LogP contribution in [0.15, 0.2) is 0 Å². The number of likely N-dealkylation sites (tertiary alicyclic amines) is 1. The van der Waals surface area contributed by atoms with Crippen molar-refractivity contribution in [2.24, 2.45) is 0 Å². The molecule has 0 spiro atoms. The van der Waals surface area contributed by atoms with Crippen LogP contribution in [0.2, 0.25) is 0 Å². The molecule has 0 aromatic rings.